The Morgan fingerprint density at radius 2 is 1.89 bits per heavy atom. The fourth-order valence-corrected chi connectivity index (χ4v) is 1.49. The van der Waals surface area contributed by atoms with Crippen LogP contribution in [0.4, 0.5) is 0 Å². The van der Waals surface area contributed by atoms with Gasteiger partial charge in [-0.25, -0.2) is 0 Å². The van der Waals surface area contributed by atoms with Gasteiger partial charge >= 0.3 is 0 Å². The second-order valence-electron chi connectivity index (χ2n) is 3.72. The third-order valence-corrected chi connectivity index (χ3v) is 2.48. The number of methoxy groups -OCH3 is 2. The van der Waals surface area contributed by atoms with E-state index in [0.717, 1.165) is 0 Å². The zero-order valence-electron chi connectivity index (χ0n) is 10.6. The summed E-state index contributed by atoms with van der Waals surface area (Å²) in [5.41, 5.74) is 0.779. The van der Waals surface area contributed by atoms with Gasteiger partial charge in [-0.05, 0) is 12.1 Å². The fourth-order valence-electron chi connectivity index (χ4n) is 1.49. The number of nitrogens with zero attached hydrogens (tertiary/aromatic N) is 1. The van der Waals surface area contributed by atoms with E-state index in [-0.39, 0.29) is 5.91 Å². The van der Waals surface area contributed by atoms with Crippen LogP contribution in [0.15, 0.2) is 12.1 Å². The smallest absolute Gasteiger partial charge is 0.270 e. The highest BCUT2D eigenvalue weighted by atomic mass is 16.5. The van der Waals surface area contributed by atoms with Gasteiger partial charge in [0.25, 0.3) is 5.91 Å². The molecular formula is C12H18N2O4. The highest BCUT2D eigenvalue weighted by Crippen LogP contribution is 2.05. The Kier molecular flexibility index (Phi) is 6.10. The van der Waals surface area contributed by atoms with Gasteiger partial charge in [-0.3, -0.25) is 9.59 Å². The van der Waals surface area contributed by atoms with Crippen LogP contribution in [0, 0.1) is 0 Å². The van der Waals surface area contributed by atoms with Crippen molar-refractivity contribution in [3.63, 3.8) is 0 Å². The second-order valence-corrected chi connectivity index (χ2v) is 3.72. The summed E-state index contributed by atoms with van der Waals surface area (Å²) < 4.78 is 9.93. The third kappa shape index (κ3) is 3.97. The molecule has 1 heterocycles. The molecule has 0 atom stereocenters. The SMILES string of the molecule is COCCN(CCOC)C(=O)c1ccc(C=O)[nH]1. The number of aromatic nitrogens is 1. The summed E-state index contributed by atoms with van der Waals surface area (Å²) >= 11 is 0. The molecule has 1 rings (SSSR count). The van der Waals surface area contributed by atoms with Crippen molar-refractivity contribution < 1.29 is 19.1 Å². The topological polar surface area (TPSA) is 71.6 Å². The van der Waals surface area contributed by atoms with Gasteiger partial charge in [0.05, 0.1) is 18.9 Å². The second kappa shape index (κ2) is 7.62. The maximum absolute atomic E-state index is 12.2. The maximum atomic E-state index is 12.2. The van der Waals surface area contributed by atoms with E-state index >= 15 is 0 Å². The molecule has 1 amide bonds. The van der Waals surface area contributed by atoms with Crippen molar-refractivity contribution in [1.29, 1.82) is 0 Å². The number of aldehydes is 1. The lowest BCUT2D eigenvalue weighted by Crippen LogP contribution is -2.36. The molecule has 0 aliphatic rings. The van der Waals surface area contributed by atoms with Crippen LogP contribution in [0.1, 0.15) is 21.0 Å². The molecule has 0 radical (unpaired) electrons. The van der Waals surface area contributed by atoms with Gasteiger partial charge in [0.15, 0.2) is 6.29 Å². The van der Waals surface area contributed by atoms with Gasteiger partial charge in [0, 0.05) is 27.3 Å². The lowest BCUT2D eigenvalue weighted by molar-refractivity contribution is 0.0622. The summed E-state index contributed by atoms with van der Waals surface area (Å²) in [6, 6.07) is 3.17. The van der Waals surface area contributed by atoms with E-state index in [9.17, 15) is 9.59 Å². The average Bonchev–Trinajstić information content (AvgIpc) is 2.87. The molecule has 0 bridgehead atoms. The third-order valence-electron chi connectivity index (χ3n) is 2.48. The van der Waals surface area contributed by atoms with Gasteiger partial charge < -0.3 is 19.4 Å². The molecule has 0 saturated heterocycles. The van der Waals surface area contributed by atoms with Gasteiger partial charge in [-0.1, -0.05) is 0 Å². The zero-order chi connectivity index (χ0) is 13.4. The Morgan fingerprint density at radius 3 is 2.33 bits per heavy atom. The van der Waals surface area contributed by atoms with Crippen molar-refractivity contribution >= 4 is 12.2 Å². The number of nitrogens with one attached hydrogen (secondary N) is 1. The number of carbonyl (C=O) groups is 2. The molecule has 1 aromatic rings. The number of hydrogen-bond donors (Lipinski definition) is 1. The minimum Gasteiger partial charge on any atom is -0.383 e. The van der Waals surface area contributed by atoms with Crippen LogP contribution in [0.3, 0.4) is 0 Å². The van der Waals surface area contributed by atoms with Gasteiger partial charge in [-0.2, -0.15) is 0 Å². The van der Waals surface area contributed by atoms with E-state index in [1.807, 2.05) is 0 Å². The molecule has 0 aromatic carbocycles. The van der Waals surface area contributed by atoms with Crippen LogP contribution in [-0.2, 0) is 9.47 Å². The van der Waals surface area contributed by atoms with Crippen molar-refractivity contribution in [3.05, 3.63) is 23.5 Å². The summed E-state index contributed by atoms with van der Waals surface area (Å²) in [4.78, 5) is 27.1. The maximum Gasteiger partial charge on any atom is 0.270 e. The lowest BCUT2D eigenvalue weighted by Gasteiger charge is -2.21. The van der Waals surface area contributed by atoms with E-state index in [4.69, 9.17) is 9.47 Å². The van der Waals surface area contributed by atoms with Crippen molar-refractivity contribution in [1.82, 2.24) is 9.88 Å². The van der Waals surface area contributed by atoms with Crippen LogP contribution >= 0.6 is 0 Å². The Morgan fingerprint density at radius 1 is 1.28 bits per heavy atom. The normalized spacial score (nSPS) is 10.3. The molecule has 0 fully saturated rings. The predicted molar refractivity (Wildman–Crippen MR) is 65.8 cm³/mol. The molecule has 100 valence electrons. The molecule has 0 aliphatic carbocycles. The standard InChI is InChI=1S/C12H18N2O4/c1-17-7-5-14(6-8-18-2)12(16)11-4-3-10(9-15)13-11/h3-4,9,13H,5-8H2,1-2H3. The van der Waals surface area contributed by atoms with E-state index in [1.165, 1.54) is 0 Å². The Labute approximate surface area is 106 Å². The molecule has 6 nitrogen and oxygen atoms in total. The molecule has 1 N–H and O–H groups in total. The van der Waals surface area contributed by atoms with E-state index < -0.39 is 0 Å². The molecular weight excluding hydrogens is 236 g/mol. The zero-order valence-corrected chi connectivity index (χ0v) is 10.6. The summed E-state index contributed by atoms with van der Waals surface area (Å²) in [6.45, 7) is 1.87. The van der Waals surface area contributed by atoms with Crippen molar-refractivity contribution in [2.75, 3.05) is 40.5 Å². The molecule has 0 aliphatic heterocycles. The molecule has 18 heavy (non-hydrogen) atoms. The van der Waals surface area contributed by atoms with E-state index in [1.54, 1.807) is 31.3 Å². The quantitative estimate of drug-likeness (QED) is 0.688. The van der Waals surface area contributed by atoms with Crippen LogP contribution < -0.4 is 0 Å². The summed E-state index contributed by atoms with van der Waals surface area (Å²) in [5, 5.41) is 0. The number of rotatable bonds is 8. The fraction of sp³-hybridized carbons (Fsp3) is 0.500. The van der Waals surface area contributed by atoms with Crippen LogP contribution in [0.25, 0.3) is 0 Å². The first kappa shape index (κ1) is 14.4. The summed E-state index contributed by atoms with van der Waals surface area (Å²) in [6.07, 6.45) is 0.672. The molecule has 0 unspecified atom stereocenters. The first-order chi connectivity index (χ1) is 8.72. The Balaban J connectivity index is 2.70. The Bertz CT molecular complexity index is 381. The lowest BCUT2D eigenvalue weighted by atomic mass is 10.3. The number of H-pyrrole nitrogens is 1. The van der Waals surface area contributed by atoms with E-state index in [0.29, 0.717) is 44.0 Å². The van der Waals surface area contributed by atoms with Gasteiger partial charge in [0.1, 0.15) is 5.69 Å². The van der Waals surface area contributed by atoms with E-state index in [2.05, 4.69) is 4.98 Å². The predicted octanol–water partition coefficient (Wildman–Crippen LogP) is 0.562. The van der Waals surface area contributed by atoms with Crippen LogP contribution in [-0.4, -0.2) is 62.6 Å². The highest BCUT2D eigenvalue weighted by Gasteiger charge is 2.16. The highest BCUT2D eigenvalue weighted by molar-refractivity contribution is 5.93. The van der Waals surface area contributed by atoms with Crippen molar-refractivity contribution in [2.45, 2.75) is 0 Å². The monoisotopic (exact) mass is 254 g/mol. The number of hydrogen-bond acceptors (Lipinski definition) is 4. The molecule has 1 aromatic heterocycles. The number of carbonyl (C=O) groups excluding carboxylic acids is 2. The first-order valence-corrected chi connectivity index (χ1v) is 5.64. The molecule has 0 saturated carbocycles. The van der Waals surface area contributed by atoms with Gasteiger partial charge in [0.2, 0.25) is 0 Å². The van der Waals surface area contributed by atoms with Crippen molar-refractivity contribution in [3.8, 4) is 0 Å². The largest absolute Gasteiger partial charge is 0.383 e. The molecule has 6 heteroatoms. The number of aromatic amines is 1. The number of ether oxygens (including phenoxy) is 2. The molecule has 0 spiro atoms. The van der Waals surface area contributed by atoms with Gasteiger partial charge in [-0.15, -0.1) is 0 Å². The Hall–Kier alpha value is -1.66. The van der Waals surface area contributed by atoms with Crippen LogP contribution in [0.5, 0.6) is 0 Å². The first-order valence-electron chi connectivity index (χ1n) is 5.64. The van der Waals surface area contributed by atoms with Crippen LogP contribution in [0.2, 0.25) is 0 Å². The summed E-state index contributed by atoms with van der Waals surface area (Å²) in [5.74, 6) is -0.169. The number of amides is 1. The average molecular weight is 254 g/mol. The minimum atomic E-state index is -0.169. The van der Waals surface area contributed by atoms with Crippen molar-refractivity contribution in [2.24, 2.45) is 0 Å². The summed E-state index contributed by atoms with van der Waals surface area (Å²) in [7, 11) is 3.16. The minimum absolute atomic E-state index is 0.169.